The zero-order chi connectivity index (χ0) is 22.4. The molecule has 4 aromatic heterocycles. The zero-order valence-electron chi connectivity index (χ0n) is 14.9. The first kappa shape index (κ1) is 20.3. The largest absolute Gasteiger partial charge is 0.471 e. The standard InChI is InChI=1S/C15H9F6N9O/c16-14(17,18)8-2-1-7-11(23-8)27-28-12(7)30-4-6(26-29-30)5-31-10-3-9(15(19,20)21)24-13(22)25-10/h1-4H,5H2,(H2,22,24,25)(H,23,27,28). The number of halogens is 6. The maximum atomic E-state index is 12.8. The van der Waals surface area contributed by atoms with E-state index in [0.29, 0.717) is 6.07 Å². The smallest absolute Gasteiger partial charge is 0.433 e. The molecule has 0 fully saturated rings. The second-order valence-corrected chi connectivity index (χ2v) is 6.03. The molecule has 0 aliphatic heterocycles. The number of pyridine rings is 1. The van der Waals surface area contributed by atoms with Crippen LogP contribution in [0.1, 0.15) is 17.1 Å². The van der Waals surface area contributed by atoms with Crippen LogP contribution in [0.25, 0.3) is 16.9 Å². The molecule has 0 saturated heterocycles. The van der Waals surface area contributed by atoms with Gasteiger partial charge < -0.3 is 10.5 Å². The lowest BCUT2D eigenvalue weighted by Gasteiger charge is -2.08. The minimum atomic E-state index is -4.74. The minimum Gasteiger partial charge on any atom is -0.471 e. The summed E-state index contributed by atoms with van der Waals surface area (Å²) < 4.78 is 83.0. The number of hydrogen-bond acceptors (Lipinski definition) is 8. The van der Waals surface area contributed by atoms with E-state index in [1.54, 1.807) is 0 Å². The molecule has 0 spiro atoms. The van der Waals surface area contributed by atoms with Crippen LogP contribution >= 0.6 is 0 Å². The highest BCUT2D eigenvalue weighted by Gasteiger charge is 2.34. The lowest BCUT2D eigenvalue weighted by Crippen LogP contribution is -2.11. The van der Waals surface area contributed by atoms with E-state index in [2.05, 4.69) is 35.5 Å². The molecular weight excluding hydrogens is 436 g/mol. The predicted octanol–water partition coefficient (Wildman–Crippen LogP) is 2.53. The number of aromatic nitrogens is 8. The van der Waals surface area contributed by atoms with Crippen LogP contribution in [0.3, 0.4) is 0 Å². The molecule has 31 heavy (non-hydrogen) atoms. The van der Waals surface area contributed by atoms with E-state index in [0.717, 1.165) is 10.7 Å². The lowest BCUT2D eigenvalue weighted by atomic mass is 10.3. The van der Waals surface area contributed by atoms with Crippen molar-refractivity contribution in [3.63, 3.8) is 0 Å². The highest BCUT2D eigenvalue weighted by Crippen LogP contribution is 2.31. The van der Waals surface area contributed by atoms with Gasteiger partial charge in [-0.05, 0) is 12.1 Å². The summed E-state index contributed by atoms with van der Waals surface area (Å²) in [5, 5.41) is 14.1. The normalized spacial score (nSPS) is 12.5. The van der Waals surface area contributed by atoms with Crippen molar-refractivity contribution in [2.45, 2.75) is 19.0 Å². The molecule has 4 heterocycles. The molecule has 0 saturated carbocycles. The number of nitrogens with zero attached hydrogens (tertiary/aromatic N) is 7. The number of aromatic amines is 1. The van der Waals surface area contributed by atoms with Crippen LogP contribution in [-0.4, -0.2) is 40.1 Å². The molecule has 16 heteroatoms. The fraction of sp³-hybridized carbons (Fsp3) is 0.200. The summed E-state index contributed by atoms with van der Waals surface area (Å²) in [6.45, 7) is -0.327. The van der Waals surface area contributed by atoms with Crippen LogP contribution in [0.4, 0.5) is 32.3 Å². The molecule has 0 aromatic carbocycles. The van der Waals surface area contributed by atoms with E-state index >= 15 is 0 Å². The van der Waals surface area contributed by atoms with Gasteiger partial charge in [-0.3, -0.25) is 5.10 Å². The monoisotopic (exact) mass is 445 g/mol. The molecule has 10 nitrogen and oxygen atoms in total. The summed E-state index contributed by atoms with van der Waals surface area (Å²) in [6, 6.07) is 2.54. The van der Waals surface area contributed by atoms with Crippen molar-refractivity contribution < 1.29 is 31.1 Å². The molecule has 0 atom stereocenters. The first-order chi connectivity index (χ1) is 14.5. The second kappa shape index (κ2) is 7.06. The Labute approximate surface area is 167 Å². The number of H-pyrrole nitrogens is 1. The summed E-state index contributed by atoms with van der Waals surface area (Å²) in [4.78, 5) is 10.1. The van der Waals surface area contributed by atoms with E-state index in [9.17, 15) is 26.3 Å². The van der Waals surface area contributed by atoms with E-state index in [-0.39, 0.29) is 29.2 Å². The summed E-state index contributed by atoms with van der Waals surface area (Å²) in [5.41, 5.74) is 2.95. The SMILES string of the molecule is Nc1nc(OCc2cn(-c3n[nH]c4nc(C(F)(F)F)ccc34)nn2)cc(C(F)(F)F)n1. The summed E-state index contributed by atoms with van der Waals surface area (Å²) in [6.07, 6.45) is -8.03. The third kappa shape index (κ3) is 4.17. The molecular formula is C15H9F6N9O. The Hall–Kier alpha value is -3.98. The zero-order valence-corrected chi connectivity index (χ0v) is 14.9. The van der Waals surface area contributed by atoms with Crippen LogP contribution in [0.15, 0.2) is 24.4 Å². The highest BCUT2D eigenvalue weighted by molar-refractivity contribution is 5.82. The molecule has 162 valence electrons. The van der Waals surface area contributed by atoms with Gasteiger partial charge in [-0.25, -0.2) is 9.97 Å². The molecule has 4 aromatic rings. The van der Waals surface area contributed by atoms with E-state index in [4.69, 9.17) is 10.5 Å². The molecule has 0 aliphatic carbocycles. The summed E-state index contributed by atoms with van der Waals surface area (Å²) >= 11 is 0. The van der Waals surface area contributed by atoms with Gasteiger partial charge in [0.25, 0.3) is 0 Å². The number of hydrogen-bond donors (Lipinski definition) is 2. The third-order valence-corrected chi connectivity index (χ3v) is 3.83. The maximum Gasteiger partial charge on any atom is 0.433 e. The van der Waals surface area contributed by atoms with Gasteiger partial charge in [0.1, 0.15) is 18.0 Å². The van der Waals surface area contributed by atoms with Gasteiger partial charge in [-0.1, -0.05) is 5.21 Å². The average Bonchev–Trinajstić information content (AvgIpc) is 3.30. The van der Waals surface area contributed by atoms with Crippen molar-refractivity contribution in [1.29, 1.82) is 0 Å². The summed E-state index contributed by atoms with van der Waals surface area (Å²) in [7, 11) is 0. The minimum absolute atomic E-state index is 0.112. The molecule has 0 amide bonds. The number of rotatable bonds is 4. The fourth-order valence-corrected chi connectivity index (χ4v) is 2.50. The van der Waals surface area contributed by atoms with E-state index in [1.807, 2.05) is 0 Å². The van der Waals surface area contributed by atoms with Gasteiger partial charge in [-0.2, -0.15) is 41.1 Å². The number of nitrogen functional groups attached to an aromatic ring is 1. The van der Waals surface area contributed by atoms with Crippen molar-refractivity contribution in [2.24, 2.45) is 0 Å². The van der Waals surface area contributed by atoms with E-state index < -0.39 is 35.6 Å². The van der Waals surface area contributed by atoms with Crippen LogP contribution in [0, 0.1) is 0 Å². The Bertz CT molecular complexity index is 1250. The van der Waals surface area contributed by atoms with Gasteiger partial charge >= 0.3 is 12.4 Å². The van der Waals surface area contributed by atoms with Crippen molar-refractivity contribution in [1.82, 2.24) is 40.1 Å². The van der Waals surface area contributed by atoms with Gasteiger partial charge in [0, 0.05) is 6.07 Å². The van der Waals surface area contributed by atoms with Gasteiger partial charge in [0.2, 0.25) is 11.8 Å². The van der Waals surface area contributed by atoms with E-state index in [1.165, 1.54) is 12.3 Å². The fourth-order valence-electron chi connectivity index (χ4n) is 2.50. The number of nitrogens with two attached hydrogens (primary N) is 1. The van der Waals surface area contributed by atoms with Crippen molar-refractivity contribution in [3.8, 4) is 11.7 Å². The molecule has 0 unspecified atom stereocenters. The molecule has 0 bridgehead atoms. The Morgan fingerprint density at radius 1 is 1.00 bits per heavy atom. The number of anilines is 1. The van der Waals surface area contributed by atoms with Gasteiger partial charge in [0.15, 0.2) is 17.2 Å². The van der Waals surface area contributed by atoms with Crippen LogP contribution < -0.4 is 10.5 Å². The number of nitrogens with one attached hydrogen (secondary N) is 1. The Morgan fingerprint density at radius 3 is 2.45 bits per heavy atom. The third-order valence-electron chi connectivity index (χ3n) is 3.83. The van der Waals surface area contributed by atoms with Gasteiger partial charge in [0.05, 0.1) is 11.6 Å². The number of fused-ring (bicyclic) bond motifs is 1. The quantitative estimate of drug-likeness (QED) is 0.458. The predicted molar refractivity (Wildman–Crippen MR) is 89.6 cm³/mol. The van der Waals surface area contributed by atoms with Gasteiger partial charge in [-0.15, -0.1) is 5.10 Å². The van der Waals surface area contributed by atoms with Crippen LogP contribution in [0.2, 0.25) is 0 Å². The number of ether oxygens (including phenoxy) is 1. The Morgan fingerprint density at radius 2 is 1.74 bits per heavy atom. The van der Waals surface area contributed by atoms with Crippen molar-refractivity contribution in [2.75, 3.05) is 5.73 Å². The second-order valence-electron chi connectivity index (χ2n) is 6.03. The first-order valence-electron chi connectivity index (χ1n) is 8.19. The summed E-state index contributed by atoms with van der Waals surface area (Å²) in [5.74, 6) is -0.939. The maximum absolute atomic E-state index is 12.8. The molecule has 0 radical (unpaired) electrons. The Balaban J connectivity index is 1.54. The van der Waals surface area contributed by atoms with Crippen molar-refractivity contribution >= 4 is 17.0 Å². The molecule has 0 aliphatic rings. The number of alkyl halides is 6. The van der Waals surface area contributed by atoms with Crippen LogP contribution in [-0.2, 0) is 19.0 Å². The highest BCUT2D eigenvalue weighted by atomic mass is 19.4. The average molecular weight is 445 g/mol. The first-order valence-corrected chi connectivity index (χ1v) is 8.19. The lowest BCUT2D eigenvalue weighted by molar-refractivity contribution is -0.141. The molecule has 3 N–H and O–H groups in total. The van der Waals surface area contributed by atoms with Crippen LogP contribution in [0.5, 0.6) is 5.88 Å². The Kier molecular flexibility index (Phi) is 4.63. The van der Waals surface area contributed by atoms with Crippen molar-refractivity contribution in [3.05, 3.63) is 41.5 Å². The molecule has 4 rings (SSSR count). The topological polar surface area (TPSA) is 133 Å².